The summed E-state index contributed by atoms with van der Waals surface area (Å²) in [6.45, 7) is 3.29. The van der Waals surface area contributed by atoms with Gasteiger partial charge in [0.25, 0.3) is 11.8 Å². The molecule has 1 unspecified atom stereocenters. The fourth-order valence-corrected chi connectivity index (χ4v) is 6.29. The largest absolute Gasteiger partial charge is 0.450 e. The first kappa shape index (κ1) is 26.9. The molecule has 3 aromatic rings. The maximum absolute atomic E-state index is 13.8. The van der Waals surface area contributed by atoms with E-state index in [1.54, 1.807) is 71.3 Å². The number of hydrogen-bond acceptors (Lipinski definition) is 5. The zero-order valence-corrected chi connectivity index (χ0v) is 23.0. The van der Waals surface area contributed by atoms with Crippen LogP contribution in [0.4, 0.5) is 10.5 Å². The first-order valence-electron chi connectivity index (χ1n) is 12.8. The second-order valence-electron chi connectivity index (χ2n) is 9.40. The van der Waals surface area contributed by atoms with E-state index in [0.717, 1.165) is 5.56 Å². The average molecular weight is 566 g/mol. The number of nitrogens with zero attached hydrogens (tertiary/aromatic N) is 2. The number of amides is 3. The SMILES string of the molecule is CCOC(=O)N1CCC(NC(=O)c2ccc3c(c2)N(Cc2ccc(Cl)cc2)C(=O)c2ccccc2S3=O)CC1. The number of carbonyl (C=O) groups is 3. The summed E-state index contributed by atoms with van der Waals surface area (Å²) in [6.07, 6.45) is 0.874. The van der Waals surface area contributed by atoms with Gasteiger partial charge >= 0.3 is 6.09 Å². The minimum absolute atomic E-state index is 0.104. The maximum atomic E-state index is 13.8. The van der Waals surface area contributed by atoms with E-state index in [9.17, 15) is 18.6 Å². The summed E-state index contributed by atoms with van der Waals surface area (Å²) in [7, 11) is -1.61. The van der Waals surface area contributed by atoms with Crippen LogP contribution >= 0.6 is 11.6 Å². The summed E-state index contributed by atoms with van der Waals surface area (Å²) < 4.78 is 18.7. The highest BCUT2D eigenvalue weighted by Crippen LogP contribution is 2.36. The van der Waals surface area contributed by atoms with Gasteiger partial charge in [0.1, 0.15) is 0 Å². The second kappa shape index (κ2) is 11.6. The predicted molar refractivity (Wildman–Crippen MR) is 149 cm³/mol. The van der Waals surface area contributed by atoms with Crippen molar-refractivity contribution in [3.63, 3.8) is 0 Å². The van der Waals surface area contributed by atoms with E-state index in [-0.39, 0.29) is 30.5 Å². The molecule has 10 heteroatoms. The highest BCUT2D eigenvalue weighted by Gasteiger charge is 2.32. The molecule has 0 aliphatic carbocycles. The lowest BCUT2D eigenvalue weighted by atomic mass is 10.0. The van der Waals surface area contributed by atoms with Gasteiger partial charge in [0.2, 0.25) is 0 Å². The molecule has 0 radical (unpaired) electrons. The van der Waals surface area contributed by atoms with E-state index < -0.39 is 10.8 Å². The summed E-state index contributed by atoms with van der Waals surface area (Å²) in [5.74, 6) is -0.588. The zero-order chi connectivity index (χ0) is 27.5. The Morgan fingerprint density at radius 2 is 1.74 bits per heavy atom. The molecule has 0 bridgehead atoms. The summed E-state index contributed by atoms with van der Waals surface area (Å²) in [4.78, 5) is 43.1. The van der Waals surface area contributed by atoms with Gasteiger partial charge in [0.05, 0.1) is 45.0 Å². The minimum Gasteiger partial charge on any atom is -0.450 e. The van der Waals surface area contributed by atoms with Crippen molar-refractivity contribution in [3.8, 4) is 0 Å². The predicted octanol–water partition coefficient (Wildman–Crippen LogP) is 5.02. The third-order valence-corrected chi connectivity index (χ3v) is 8.64. The summed E-state index contributed by atoms with van der Waals surface area (Å²) >= 11 is 6.06. The summed E-state index contributed by atoms with van der Waals surface area (Å²) in [6, 6.07) is 18.9. The molecule has 1 saturated heterocycles. The lowest BCUT2D eigenvalue weighted by Gasteiger charge is -2.31. The normalized spacial score (nSPS) is 17.2. The van der Waals surface area contributed by atoms with Crippen molar-refractivity contribution < 1.29 is 23.3 Å². The van der Waals surface area contributed by atoms with Crippen LogP contribution in [0.1, 0.15) is 46.0 Å². The lowest BCUT2D eigenvalue weighted by molar-refractivity contribution is 0.0858. The fourth-order valence-electron chi connectivity index (χ4n) is 4.82. The molecule has 0 aromatic heterocycles. The number of hydrogen-bond donors (Lipinski definition) is 1. The van der Waals surface area contributed by atoms with Crippen LogP contribution in [-0.4, -0.2) is 52.8 Å². The summed E-state index contributed by atoms with van der Waals surface area (Å²) in [5, 5.41) is 3.63. The number of piperidine rings is 1. The van der Waals surface area contributed by atoms with Gasteiger partial charge in [-0.2, -0.15) is 0 Å². The maximum Gasteiger partial charge on any atom is 0.409 e. The average Bonchev–Trinajstić information content (AvgIpc) is 3.04. The number of anilines is 1. The van der Waals surface area contributed by atoms with Crippen molar-refractivity contribution in [1.82, 2.24) is 10.2 Å². The van der Waals surface area contributed by atoms with Gasteiger partial charge in [0.15, 0.2) is 0 Å². The molecular weight excluding hydrogens is 538 g/mol. The molecule has 2 aliphatic rings. The van der Waals surface area contributed by atoms with Gasteiger partial charge in [0, 0.05) is 29.7 Å². The summed E-state index contributed by atoms with van der Waals surface area (Å²) in [5.41, 5.74) is 1.99. The van der Waals surface area contributed by atoms with Crippen LogP contribution in [0.3, 0.4) is 0 Å². The van der Waals surface area contributed by atoms with Crippen molar-refractivity contribution >= 4 is 46.0 Å². The van der Waals surface area contributed by atoms with Crippen molar-refractivity contribution in [3.05, 3.63) is 88.4 Å². The topological polar surface area (TPSA) is 96.0 Å². The molecule has 0 spiro atoms. The Labute approximate surface area is 234 Å². The molecule has 8 nitrogen and oxygen atoms in total. The van der Waals surface area contributed by atoms with Crippen LogP contribution in [0.2, 0.25) is 5.02 Å². The van der Waals surface area contributed by atoms with Crippen molar-refractivity contribution in [2.24, 2.45) is 0 Å². The number of rotatable bonds is 5. The molecular formula is C29H28ClN3O5S. The molecule has 5 rings (SSSR count). The van der Waals surface area contributed by atoms with Crippen LogP contribution in [0.25, 0.3) is 0 Å². The third kappa shape index (κ3) is 5.69. The van der Waals surface area contributed by atoms with E-state index in [1.165, 1.54) is 0 Å². The fraction of sp³-hybridized carbons (Fsp3) is 0.276. The highest BCUT2D eigenvalue weighted by atomic mass is 35.5. The standard InChI is InChI=1S/C29H28ClN3O5S/c1-2-38-29(36)32-15-13-22(14-16-32)31-27(34)20-9-12-26-24(17-20)33(18-19-7-10-21(30)11-8-19)28(35)23-5-3-4-6-25(23)39(26)37/h3-12,17,22H,2,13-16,18H2,1H3,(H,31,34). The number of fused-ring (bicyclic) bond motifs is 2. The molecule has 1 fully saturated rings. The molecule has 0 saturated carbocycles. The van der Waals surface area contributed by atoms with Gasteiger partial charge < -0.3 is 19.9 Å². The smallest absolute Gasteiger partial charge is 0.409 e. The Balaban J connectivity index is 1.42. The van der Waals surface area contributed by atoms with Gasteiger partial charge in [-0.25, -0.2) is 9.00 Å². The Kier molecular flexibility index (Phi) is 7.99. The minimum atomic E-state index is -1.61. The van der Waals surface area contributed by atoms with Crippen LogP contribution in [0.15, 0.2) is 76.5 Å². The highest BCUT2D eigenvalue weighted by molar-refractivity contribution is 7.85. The monoisotopic (exact) mass is 565 g/mol. The van der Waals surface area contributed by atoms with E-state index in [0.29, 0.717) is 64.2 Å². The zero-order valence-electron chi connectivity index (χ0n) is 21.4. The van der Waals surface area contributed by atoms with Crippen LogP contribution in [0.5, 0.6) is 0 Å². The quantitative estimate of drug-likeness (QED) is 0.469. The van der Waals surface area contributed by atoms with Crippen LogP contribution in [0, 0.1) is 0 Å². The van der Waals surface area contributed by atoms with Crippen LogP contribution in [-0.2, 0) is 22.1 Å². The number of nitrogens with one attached hydrogen (secondary N) is 1. The van der Waals surface area contributed by atoms with E-state index in [4.69, 9.17) is 16.3 Å². The Morgan fingerprint density at radius 1 is 1.03 bits per heavy atom. The molecule has 202 valence electrons. The number of carbonyl (C=O) groups excluding carboxylic acids is 3. The number of likely N-dealkylation sites (tertiary alicyclic amines) is 1. The number of halogens is 1. The Hall–Kier alpha value is -3.69. The lowest BCUT2D eigenvalue weighted by Crippen LogP contribution is -2.46. The molecule has 1 N–H and O–H groups in total. The number of ether oxygens (including phenoxy) is 1. The first-order chi connectivity index (χ1) is 18.9. The molecule has 3 amide bonds. The van der Waals surface area contributed by atoms with Crippen molar-refractivity contribution in [2.45, 2.75) is 42.1 Å². The Bertz CT molecular complexity index is 1440. The molecule has 2 heterocycles. The number of benzene rings is 3. The molecule has 2 aliphatic heterocycles. The van der Waals surface area contributed by atoms with E-state index >= 15 is 0 Å². The van der Waals surface area contributed by atoms with Gasteiger partial charge in [-0.1, -0.05) is 35.9 Å². The van der Waals surface area contributed by atoms with Crippen LogP contribution < -0.4 is 10.2 Å². The van der Waals surface area contributed by atoms with Gasteiger partial charge in [-0.15, -0.1) is 0 Å². The molecule has 3 aromatic carbocycles. The van der Waals surface area contributed by atoms with Crippen molar-refractivity contribution in [2.75, 3.05) is 24.6 Å². The van der Waals surface area contributed by atoms with E-state index in [1.807, 2.05) is 12.1 Å². The molecule has 1 atom stereocenters. The third-order valence-electron chi connectivity index (χ3n) is 6.88. The Morgan fingerprint density at radius 3 is 2.46 bits per heavy atom. The van der Waals surface area contributed by atoms with Gasteiger partial charge in [-0.05, 0) is 67.8 Å². The van der Waals surface area contributed by atoms with Gasteiger partial charge in [-0.3, -0.25) is 9.59 Å². The first-order valence-corrected chi connectivity index (χ1v) is 14.3. The second-order valence-corrected chi connectivity index (χ2v) is 11.3. The van der Waals surface area contributed by atoms with Crippen molar-refractivity contribution in [1.29, 1.82) is 0 Å². The molecule has 39 heavy (non-hydrogen) atoms. The van der Waals surface area contributed by atoms with E-state index in [2.05, 4.69) is 5.32 Å².